The van der Waals surface area contributed by atoms with Crippen molar-refractivity contribution in [1.82, 2.24) is 20.1 Å². The van der Waals surface area contributed by atoms with Crippen molar-refractivity contribution in [2.75, 3.05) is 45.9 Å². The number of aromatic amines is 1. The normalized spacial score (nSPS) is 19.1. The van der Waals surface area contributed by atoms with Crippen molar-refractivity contribution < 1.29 is 23.8 Å². The van der Waals surface area contributed by atoms with Crippen LogP contribution < -0.4 is 10.9 Å². The second-order valence-electron chi connectivity index (χ2n) is 8.76. The number of nitrogens with zero attached hydrogens (tertiary/aromatic N) is 2. The second kappa shape index (κ2) is 10.8. The fourth-order valence-corrected chi connectivity index (χ4v) is 4.44. The lowest BCUT2D eigenvalue weighted by Crippen LogP contribution is -2.46. The number of ether oxygens (including phenoxy) is 1. The van der Waals surface area contributed by atoms with Crippen LogP contribution in [0.2, 0.25) is 0 Å². The molecule has 1 aromatic heterocycles. The van der Waals surface area contributed by atoms with Crippen molar-refractivity contribution in [1.29, 1.82) is 0 Å². The fraction of sp³-hybridized carbons (Fsp3) is 0.458. The maximum absolute atomic E-state index is 13.2. The monoisotopic (exact) mass is 472 g/mol. The lowest BCUT2D eigenvalue weighted by Gasteiger charge is -2.36. The second-order valence-corrected chi connectivity index (χ2v) is 8.76. The van der Waals surface area contributed by atoms with Gasteiger partial charge in [-0.25, -0.2) is 4.39 Å². The molecule has 2 saturated heterocycles. The Balaban J connectivity index is 1.43. The number of likely N-dealkylation sites (tertiary alicyclic amines) is 1. The van der Waals surface area contributed by atoms with Crippen molar-refractivity contribution in [2.45, 2.75) is 19.4 Å². The Morgan fingerprint density at radius 1 is 1.18 bits per heavy atom. The Kier molecular flexibility index (Phi) is 7.59. The van der Waals surface area contributed by atoms with Crippen molar-refractivity contribution in [2.24, 2.45) is 5.92 Å². The minimum absolute atomic E-state index is 0.0400. The topological polar surface area (TPSA) is 115 Å². The average molecular weight is 473 g/mol. The standard InChI is InChI=1S/C24H29FN4O5/c25-18-5-3-16(4-6-18)13-26-22(31)19-12-20(27-23(32)21(19)30)24(33)29-7-1-2-17(15-29)14-28-8-10-34-11-9-28/h3-6,12,17,30H,1-2,7-11,13-15H2,(H,26,31)(H,27,32). The maximum Gasteiger partial charge on any atom is 0.291 e. The molecule has 2 aromatic rings. The van der Waals surface area contributed by atoms with E-state index in [4.69, 9.17) is 4.74 Å². The molecule has 3 N–H and O–H groups in total. The average Bonchev–Trinajstić information content (AvgIpc) is 2.85. The molecule has 0 spiro atoms. The van der Waals surface area contributed by atoms with Gasteiger partial charge in [-0.3, -0.25) is 19.3 Å². The van der Waals surface area contributed by atoms with Crippen LogP contribution >= 0.6 is 0 Å². The Hall–Kier alpha value is -3.24. The number of nitrogens with one attached hydrogen (secondary N) is 2. The SMILES string of the molecule is O=C(NCc1ccc(F)cc1)c1cc(C(=O)N2CCCC(CN3CCOCC3)C2)[nH]c(=O)c1O. The van der Waals surface area contributed by atoms with Gasteiger partial charge in [0, 0.05) is 39.3 Å². The number of benzene rings is 1. The summed E-state index contributed by atoms with van der Waals surface area (Å²) in [5, 5.41) is 12.7. The molecule has 0 saturated carbocycles. The van der Waals surface area contributed by atoms with E-state index in [9.17, 15) is 23.9 Å². The lowest BCUT2D eigenvalue weighted by molar-refractivity contribution is 0.0223. The number of hydrogen-bond donors (Lipinski definition) is 3. The van der Waals surface area contributed by atoms with Crippen molar-refractivity contribution in [3.05, 3.63) is 63.3 Å². The first-order chi connectivity index (χ1) is 16.4. The van der Waals surface area contributed by atoms with Gasteiger partial charge in [0.15, 0.2) is 5.75 Å². The summed E-state index contributed by atoms with van der Waals surface area (Å²) >= 11 is 0. The highest BCUT2D eigenvalue weighted by molar-refractivity contribution is 6.00. The van der Waals surface area contributed by atoms with Crippen molar-refractivity contribution in [3.8, 4) is 5.75 Å². The Morgan fingerprint density at radius 2 is 1.91 bits per heavy atom. The predicted octanol–water partition coefficient (Wildman–Crippen LogP) is 1.33. The van der Waals surface area contributed by atoms with Crippen LogP contribution in [0, 0.1) is 11.7 Å². The molecule has 0 radical (unpaired) electrons. The summed E-state index contributed by atoms with van der Waals surface area (Å²) in [7, 11) is 0. The van der Waals surface area contributed by atoms with E-state index in [0.29, 0.717) is 24.6 Å². The molecule has 4 rings (SSSR count). The first-order valence-electron chi connectivity index (χ1n) is 11.5. The molecule has 10 heteroatoms. The van der Waals surface area contributed by atoms with E-state index in [1.165, 1.54) is 30.3 Å². The van der Waals surface area contributed by atoms with Crippen LogP contribution in [-0.2, 0) is 11.3 Å². The lowest BCUT2D eigenvalue weighted by atomic mass is 9.96. The summed E-state index contributed by atoms with van der Waals surface area (Å²) in [6.07, 6.45) is 1.87. The molecule has 2 fully saturated rings. The molecule has 1 unspecified atom stereocenters. The number of carbonyl (C=O) groups excluding carboxylic acids is 2. The number of morpholine rings is 1. The van der Waals surface area contributed by atoms with E-state index >= 15 is 0 Å². The molecule has 1 aromatic carbocycles. The summed E-state index contributed by atoms with van der Waals surface area (Å²) in [5.74, 6) is -1.91. The van der Waals surface area contributed by atoms with Crippen LogP contribution in [0.4, 0.5) is 4.39 Å². The number of piperidine rings is 1. The molecular weight excluding hydrogens is 443 g/mol. The third kappa shape index (κ3) is 5.81. The highest BCUT2D eigenvalue weighted by Gasteiger charge is 2.28. The van der Waals surface area contributed by atoms with E-state index in [1.54, 1.807) is 4.90 Å². The van der Waals surface area contributed by atoms with Gasteiger partial charge in [0.2, 0.25) is 0 Å². The van der Waals surface area contributed by atoms with Crippen LogP contribution in [0.15, 0.2) is 35.1 Å². The molecule has 34 heavy (non-hydrogen) atoms. The van der Waals surface area contributed by atoms with Crippen LogP contribution in [0.5, 0.6) is 5.75 Å². The van der Waals surface area contributed by atoms with Gasteiger partial charge in [0.05, 0.1) is 18.8 Å². The zero-order chi connectivity index (χ0) is 24.1. The van der Waals surface area contributed by atoms with E-state index < -0.39 is 23.0 Å². The van der Waals surface area contributed by atoms with Gasteiger partial charge in [-0.05, 0) is 42.5 Å². The van der Waals surface area contributed by atoms with Crippen molar-refractivity contribution in [3.63, 3.8) is 0 Å². The van der Waals surface area contributed by atoms with Crippen LogP contribution in [-0.4, -0.2) is 77.6 Å². The van der Waals surface area contributed by atoms with Crippen molar-refractivity contribution >= 4 is 11.8 Å². The summed E-state index contributed by atoms with van der Waals surface area (Å²) in [5.41, 5.74) is -0.576. The highest BCUT2D eigenvalue weighted by Crippen LogP contribution is 2.21. The number of pyridine rings is 1. The number of H-pyrrole nitrogens is 1. The summed E-state index contributed by atoms with van der Waals surface area (Å²) < 4.78 is 18.5. The number of carbonyl (C=O) groups is 2. The Labute approximate surface area is 196 Å². The van der Waals surface area contributed by atoms with E-state index in [0.717, 1.165) is 45.7 Å². The van der Waals surface area contributed by atoms with E-state index in [2.05, 4.69) is 15.2 Å². The van der Waals surface area contributed by atoms with Gasteiger partial charge in [0.25, 0.3) is 17.4 Å². The summed E-state index contributed by atoms with van der Waals surface area (Å²) in [6.45, 7) is 5.28. The van der Waals surface area contributed by atoms with Gasteiger partial charge in [-0.15, -0.1) is 0 Å². The van der Waals surface area contributed by atoms with Gasteiger partial charge < -0.3 is 25.0 Å². The molecule has 0 aliphatic carbocycles. The zero-order valence-electron chi connectivity index (χ0n) is 18.9. The third-order valence-corrected chi connectivity index (χ3v) is 6.27. The number of rotatable bonds is 6. The Morgan fingerprint density at radius 3 is 2.65 bits per heavy atom. The summed E-state index contributed by atoms with van der Waals surface area (Å²) in [4.78, 5) is 44.5. The zero-order valence-corrected chi connectivity index (χ0v) is 18.9. The van der Waals surface area contributed by atoms with Gasteiger partial charge in [0.1, 0.15) is 11.5 Å². The third-order valence-electron chi connectivity index (χ3n) is 6.27. The minimum atomic E-state index is -0.903. The number of amides is 2. The maximum atomic E-state index is 13.2. The molecular formula is C24H29FN4O5. The smallest absolute Gasteiger partial charge is 0.291 e. The minimum Gasteiger partial charge on any atom is -0.502 e. The molecule has 2 aliphatic heterocycles. The molecule has 3 heterocycles. The van der Waals surface area contributed by atoms with Crippen LogP contribution in [0.3, 0.4) is 0 Å². The molecule has 182 valence electrons. The Bertz CT molecular complexity index is 1080. The first-order valence-corrected chi connectivity index (χ1v) is 11.5. The number of hydrogen-bond acceptors (Lipinski definition) is 6. The number of aromatic nitrogens is 1. The molecule has 2 amide bonds. The molecule has 2 aliphatic rings. The summed E-state index contributed by atoms with van der Waals surface area (Å²) in [6, 6.07) is 6.80. The predicted molar refractivity (Wildman–Crippen MR) is 122 cm³/mol. The number of aromatic hydroxyl groups is 1. The fourth-order valence-electron chi connectivity index (χ4n) is 4.44. The van der Waals surface area contributed by atoms with Gasteiger partial charge >= 0.3 is 0 Å². The molecule has 1 atom stereocenters. The van der Waals surface area contributed by atoms with E-state index in [1.807, 2.05) is 0 Å². The molecule has 9 nitrogen and oxygen atoms in total. The van der Waals surface area contributed by atoms with Crippen LogP contribution in [0.1, 0.15) is 39.3 Å². The quantitative estimate of drug-likeness (QED) is 0.585. The first kappa shape index (κ1) is 23.9. The van der Waals surface area contributed by atoms with Gasteiger partial charge in [-0.2, -0.15) is 0 Å². The highest BCUT2D eigenvalue weighted by atomic mass is 19.1. The number of halogens is 1. The van der Waals surface area contributed by atoms with E-state index in [-0.39, 0.29) is 23.7 Å². The largest absolute Gasteiger partial charge is 0.502 e. The molecule has 0 bridgehead atoms. The van der Waals surface area contributed by atoms with Crippen LogP contribution in [0.25, 0.3) is 0 Å². The van der Waals surface area contributed by atoms with Gasteiger partial charge in [-0.1, -0.05) is 12.1 Å².